The van der Waals surface area contributed by atoms with Crippen LogP contribution in [-0.2, 0) is 5.54 Å². The third kappa shape index (κ3) is 4.25. The van der Waals surface area contributed by atoms with Crippen molar-refractivity contribution in [2.45, 2.75) is 52.1 Å². The molecule has 2 N–H and O–H groups in total. The lowest BCUT2D eigenvalue weighted by molar-refractivity contribution is 0.222. The largest absolute Gasteiger partial charge is 0.316 e. The number of rotatable bonds is 3. The van der Waals surface area contributed by atoms with Gasteiger partial charge in [0.2, 0.25) is 0 Å². The second-order valence-electron chi connectivity index (χ2n) is 5.74. The van der Waals surface area contributed by atoms with E-state index in [-0.39, 0.29) is 0 Å². The van der Waals surface area contributed by atoms with Crippen molar-refractivity contribution in [2.75, 3.05) is 13.6 Å². The topological polar surface area (TPSA) is 29.3 Å². The molecule has 2 heteroatoms. The van der Waals surface area contributed by atoms with E-state index in [9.17, 15) is 0 Å². The Bertz CT molecular complexity index is 511. The molecule has 0 saturated carbocycles. The lowest BCUT2D eigenvalue weighted by atomic mass is 9.77. The van der Waals surface area contributed by atoms with Crippen molar-refractivity contribution in [3.05, 3.63) is 71.8 Å². The van der Waals surface area contributed by atoms with Gasteiger partial charge in [-0.1, -0.05) is 88.4 Å². The van der Waals surface area contributed by atoms with Crippen molar-refractivity contribution >= 4 is 0 Å². The Labute approximate surface area is 148 Å². The highest BCUT2D eigenvalue weighted by atomic mass is 15.2. The molecule has 1 aliphatic rings. The van der Waals surface area contributed by atoms with Crippen LogP contribution >= 0.6 is 0 Å². The first kappa shape index (κ1) is 20.4. The van der Waals surface area contributed by atoms with E-state index in [0.29, 0.717) is 6.04 Å². The van der Waals surface area contributed by atoms with Crippen LogP contribution in [-0.4, -0.2) is 24.5 Å². The van der Waals surface area contributed by atoms with E-state index in [0.717, 1.165) is 13.0 Å². The SMILES string of the molecule is CC.CC.CN1CCCC1C(N)(c1ccccc1)c1ccccc1. The molecule has 1 unspecified atom stereocenters. The third-order valence-electron chi connectivity index (χ3n) is 4.55. The molecule has 0 radical (unpaired) electrons. The third-order valence-corrected chi connectivity index (χ3v) is 4.55. The van der Waals surface area contributed by atoms with E-state index >= 15 is 0 Å². The maximum atomic E-state index is 6.99. The van der Waals surface area contributed by atoms with Gasteiger partial charge in [-0.3, -0.25) is 0 Å². The average Bonchev–Trinajstić information content (AvgIpc) is 3.12. The van der Waals surface area contributed by atoms with Crippen LogP contribution in [0, 0.1) is 0 Å². The first-order valence-electron chi connectivity index (χ1n) is 9.33. The monoisotopic (exact) mass is 326 g/mol. The maximum Gasteiger partial charge on any atom is 0.0823 e. The number of likely N-dealkylation sites (N-methyl/N-ethyl adjacent to an activating group) is 1. The van der Waals surface area contributed by atoms with Crippen molar-refractivity contribution in [2.24, 2.45) is 5.73 Å². The number of nitrogens with zero attached hydrogens (tertiary/aromatic N) is 1. The minimum atomic E-state index is -0.437. The quantitative estimate of drug-likeness (QED) is 0.856. The molecule has 1 aliphatic heterocycles. The van der Waals surface area contributed by atoms with Gasteiger partial charge in [0.25, 0.3) is 0 Å². The van der Waals surface area contributed by atoms with Crippen molar-refractivity contribution < 1.29 is 0 Å². The van der Waals surface area contributed by atoms with E-state index < -0.39 is 5.54 Å². The summed E-state index contributed by atoms with van der Waals surface area (Å²) in [6.45, 7) is 9.13. The van der Waals surface area contributed by atoms with Gasteiger partial charge in [0, 0.05) is 6.04 Å². The average molecular weight is 327 g/mol. The fourth-order valence-electron chi connectivity index (χ4n) is 3.46. The summed E-state index contributed by atoms with van der Waals surface area (Å²) < 4.78 is 0. The molecule has 0 aromatic heterocycles. The van der Waals surface area contributed by atoms with Crippen LogP contribution in [0.2, 0.25) is 0 Å². The Kier molecular flexibility index (Phi) is 8.73. The molecule has 2 nitrogen and oxygen atoms in total. The summed E-state index contributed by atoms with van der Waals surface area (Å²) in [5.41, 5.74) is 8.96. The maximum absolute atomic E-state index is 6.99. The summed E-state index contributed by atoms with van der Waals surface area (Å²) in [5, 5.41) is 0. The zero-order valence-electron chi connectivity index (χ0n) is 16.0. The molecule has 24 heavy (non-hydrogen) atoms. The molecule has 0 amide bonds. The summed E-state index contributed by atoms with van der Waals surface area (Å²) in [7, 11) is 2.19. The Hall–Kier alpha value is -1.64. The van der Waals surface area contributed by atoms with E-state index in [1.54, 1.807) is 0 Å². The highest BCUT2D eigenvalue weighted by Crippen LogP contribution is 2.37. The van der Waals surface area contributed by atoms with Crippen LogP contribution in [0.4, 0.5) is 0 Å². The number of nitrogens with two attached hydrogens (primary N) is 1. The summed E-state index contributed by atoms with van der Waals surface area (Å²) >= 11 is 0. The van der Waals surface area contributed by atoms with E-state index in [1.807, 2.05) is 39.8 Å². The van der Waals surface area contributed by atoms with Crippen molar-refractivity contribution in [3.8, 4) is 0 Å². The molecule has 1 heterocycles. The van der Waals surface area contributed by atoms with Gasteiger partial charge in [-0.15, -0.1) is 0 Å². The zero-order valence-corrected chi connectivity index (χ0v) is 16.0. The second-order valence-corrected chi connectivity index (χ2v) is 5.74. The molecule has 1 atom stereocenters. The van der Waals surface area contributed by atoms with Gasteiger partial charge in [0.1, 0.15) is 0 Å². The zero-order chi connectivity index (χ0) is 18.0. The second kappa shape index (κ2) is 10.3. The molecule has 1 saturated heterocycles. The summed E-state index contributed by atoms with van der Waals surface area (Å²) in [6.07, 6.45) is 2.37. The predicted octanol–water partition coefficient (Wildman–Crippen LogP) is 5.04. The number of likely N-dealkylation sites (tertiary alicyclic amines) is 1. The number of benzene rings is 2. The van der Waals surface area contributed by atoms with Gasteiger partial charge >= 0.3 is 0 Å². The van der Waals surface area contributed by atoms with Crippen molar-refractivity contribution in [1.82, 2.24) is 4.90 Å². The molecular weight excluding hydrogens is 292 g/mol. The summed E-state index contributed by atoms with van der Waals surface area (Å²) in [5.74, 6) is 0. The molecule has 0 bridgehead atoms. The summed E-state index contributed by atoms with van der Waals surface area (Å²) in [6, 6.07) is 21.4. The van der Waals surface area contributed by atoms with Crippen LogP contribution in [0.3, 0.4) is 0 Å². The molecule has 0 spiro atoms. The number of hydrogen-bond donors (Lipinski definition) is 1. The minimum absolute atomic E-state index is 0.354. The molecule has 3 rings (SSSR count). The predicted molar refractivity (Wildman–Crippen MR) is 106 cm³/mol. The lowest BCUT2D eigenvalue weighted by Gasteiger charge is -2.40. The van der Waals surface area contributed by atoms with E-state index in [2.05, 4.69) is 60.5 Å². The Morgan fingerprint density at radius 2 is 1.25 bits per heavy atom. The van der Waals surface area contributed by atoms with Crippen LogP contribution in [0.1, 0.15) is 51.7 Å². The van der Waals surface area contributed by atoms with E-state index in [1.165, 1.54) is 17.5 Å². The normalized spacial score (nSPS) is 17.3. The van der Waals surface area contributed by atoms with Gasteiger partial charge in [0.15, 0.2) is 0 Å². The van der Waals surface area contributed by atoms with Crippen molar-refractivity contribution in [1.29, 1.82) is 0 Å². The first-order chi connectivity index (χ1) is 11.7. The highest BCUT2D eigenvalue weighted by molar-refractivity contribution is 5.40. The van der Waals surface area contributed by atoms with Crippen LogP contribution < -0.4 is 5.73 Å². The Morgan fingerprint density at radius 3 is 1.58 bits per heavy atom. The smallest absolute Gasteiger partial charge is 0.0823 e. The van der Waals surface area contributed by atoms with Gasteiger partial charge in [-0.25, -0.2) is 0 Å². The minimum Gasteiger partial charge on any atom is -0.316 e. The highest BCUT2D eigenvalue weighted by Gasteiger charge is 2.42. The fourth-order valence-corrected chi connectivity index (χ4v) is 3.46. The lowest BCUT2D eigenvalue weighted by Crippen LogP contribution is -2.53. The van der Waals surface area contributed by atoms with Crippen LogP contribution in [0.15, 0.2) is 60.7 Å². The summed E-state index contributed by atoms with van der Waals surface area (Å²) in [4.78, 5) is 2.40. The van der Waals surface area contributed by atoms with Gasteiger partial charge in [-0.2, -0.15) is 0 Å². The standard InChI is InChI=1S/C18H22N2.2C2H6/c1-20-14-8-13-17(20)18(19,15-9-4-2-5-10-15)16-11-6-3-7-12-16;2*1-2/h2-7,9-12,17H,8,13-14,19H2,1H3;2*1-2H3. The first-order valence-corrected chi connectivity index (χ1v) is 9.33. The van der Waals surface area contributed by atoms with Gasteiger partial charge in [0.05, 0.1) is 5.54 Å². The molecule has 2 aromatic carbocycles. The number of hydrogen-bond acceptors (Lipinski definition) is 2. The molecule has 2 aromatic rings. The molecule has 0 aliphatic carbocycles. The van der Waals surface area contributed by atoms with E-state index in [4.69, 9.17) is 5.73 Å². The fraction of sp³-hybridized carbons (Fsp3) is 0.455. The van der Waals surface area contributed by atoms with Gasteiger partial charge < -0.3 is 10.6 Å². The Morgan fingerprint density at radius 1 is 0.833 bits per heavy atom. The Balaban J connectivity index is 0.000000671. The van der Waals surface area contributed by atoms with Crippen LogP contribution in [0.5, 0.6) is 0 Å². The van der Waals surface area contributed by atoms with Gasteiger partial charge in [-0.05, 0) is 37.6 Å². The van der Waals surface area contributed by atoms with Crippen LogP contribution in [0.25, 0.3) is 0 Å². The molecule has 132 valence electrons. The molecule has 1 fully saturated rings. The molecular formula is C22H34N2. The van der Waals surface area contributed by atoms with Crippen molar-refractivity contribution in [3.63, 3.8) is 0 Å².